The van der Waals surface area contributed by atoms with Crippen LogP contribution >= 0.6 is 21.6 Å². The molecule has 1 amide bonds. The molecule has 0 aromatic heterocycles. The van der Waals surface area contributed by atoms with E-state index in [1.807, 2.05) is 46.4 Å². The largest absolute Gasteiger partial charge is 0.377 e. The quantitative estimate of drug-likeness (QED) is 0.139. The van der Waals surface area contributed by atoms with E-state index in [0.29, 0.717) is 44.6 Å². The van der Waals surface area contributed by atoms with Crippen molar-refractivity contribution in [1.82, 2.24) is 4.90 Å². The molecule has 1 aliphatic heterocycles. The number of nitrogens with zero attached hydrogens (tertiary/aromatic N) is 1. The Balaban J connectivity index is 2.13. The van der Waals surface area contributed by atoms with E-state index in [1.165, 1.54) is 0 Å². The maximum Gasteiger partial charge on any atom is 0.223 e. The molecule has 1 aliphatic rings. The minimum atomic E-state index is 0.0925. The zero-order valence-corrected chi connectivity index (χ0v) is 24.5. The van der Waals surface area contributed by atoms with E-state index in [9.17, 15) is 14.4 Å². The smallest absolute Gasteiger partial charge is 0.223 e. The van der Waals surface area contributed by atoms with Crippen molar-refractivity contribution < 1.29 is 23.9 Å². The fourth-order valence-corrected chi connectivity index (χ4v) is 6.21. The van der Waals surface area contributed by atoms with Gasteiger partial charge in [0.15, 0.2) is 0 Å². The van der Waals surface area contributed by atoms with Crippen LogP contribution in [0.5, 0.6) is 0 Å². The van der Waals surface area contributed by atoms with Gasteiger partial charge in [0.2, 0.25) is 5.91 Å². The number of ether oxygens (including phenoxy) is 2. The van der Waals surface area contributed by atoms with Crippen LogP contribution in [0.1, 0.15) is 99.3 Å². The van der Waals surface area contributed by atoms with E-state index in [4.69, 9.17) is 9.47 Å². The number of unbranched alkanes of at least 4 members (excludes halogenated alkanes) is 1. The highest BCUT2D eigenvalue weighted by Gasteiger charge is 2.36. The third kappa shape index (κ3) is 15.3. The summed E-state index contributed by atoms with van der Waals surface area (Å²) in [7, 11) is 3.58. The number of Topliss-reactive ketones (excluding diaryl/α,β-unsaturated/α-hetero) is 2. The first-order valence-electron chi connectivity index (χ1n) is 13.5. The zero-order chi connectivity index (χ0) is 26.2. The molecule has 1 heterocycles. The van der Waals surface area contributed by atoms with E-state index in [0.717, 1.165) is 43.6 Å². The van der Waals surface area contributed by atoms with Crippen molar-refractivity contribution in [3.63, 3.8) is 0 Å². The Morgan fingerprint density at radius 3 is 2.03 bits per heavy atom. The van der Waals surface area contributed by atoms with Gasteiger partial charge in [-0.3, -0.25) is 14.4 Å². The van der Waals surface area contributed by atoms with E-state index in [-0.39, 0.29) is 42.0 Å². The average Bonchev–Trinajstić information content (AvgIpc) is 3.18. The molecule has 1 saturated heterocycles. The van der Waals surface area contributed by atoms with Gasteiger partial charge >= 0.3 is 0 Å². The molecule has 0 radical (unpaired) electrons. The molecule has 1 rings (SSSR count). The summed E-state index contributed by atoms with van der Waals surface area (Å²) in [6.07, 6.45) is 7.00. The number of carbonyl (C=O) groups excluding carboxylic acids is 3. The second-order valence-electron chi connectivity index (χ2n) is 10.3. The third-order valence-corrected chi connectivity index (χ3v) is 8.52. The van der Waals surface area contributed by atoms with Gasteiger partial charge in [0.25, 0.3) is 0 Å². The van der Waals surface area contributed by atoms with Gasteiger partial charge in [-0.2, -0.15) is 0 Å². The van der Waals surface area contributed by atoms with Gasteiger partial charge in [0.05, 0.1) is 31.0 Å². The van der Waals surface area contributed by atoms with Gasteiger partial charge in [-0.25, -0.2) is 0 Å². The summed E-state index contributed by atoms with van der Waals surface area (Å²) in [4.78, 5) is 38.4. The van der Waals surface area contributed by atoms with Crippen molar-refractivity contribution in [3.05, 3.63) is 0 Å². The first-order valence-corrected chi connectivity index (χ1v) is 15.9. The monoisotopic (exact) mass is 531 g/mol. The summed E-state index contributed by atoms with van der Waals surface area (Å²) >= 11 is 0. The lowest BCUT2D eigenvalue weighted by atomic mass is 10.0. The van der Waals surface area contributed by atoms with Crippen LogP contribution in [0, 0.1) is 5.92 Å². The molecule has 0 aromatic carbocycles. The van der Waals surface area contributed by atoms with Crippen LogP contribution in [0.4, 0.5) is 0 Å². The average molecular weight is 532 g/mol. The minimum absolute atomic E-state index is 0.0925. The molecule has 0 aliphatic carbocycles. The van der Waals surface area contributed by atoms with Crippen molar-refractivity contribution in [2.75, 3.05) is 24.7 Å². The first kappa shape index (κ1) is 32.5. The highest BCUT2D eigenvalue weighted by atomic mass is 33.1. The van der Waals surface area contributed by atoms with Crippen LogP contribution in [0.3, 0.4) is 0 Å². The summed E-state index contributed by atoms with van der Waals surface area (Å²) in [6, 6.07) is 0.101. The second kappa shape index (κ2) is 18.6. The van der Waals surface area contributed by atoms with Gasteiger partial charge in [-0.1, -0.05) is 35.4 Å². The van der Waals surface area contributed by atoms with E-state index in [1.54, 1.807) is 21.6 Å². The molecule has 0 aromatic rings. The molecule has 1 fully saturated rings. The second-order valence-corrected chi connectivity index (χ2v) is 13.0. The van der Waals surface area contributed by atoms with Crippen molar-refractivity contribution >= 4 is 39.1 Å². The Kier molecular flexibility index (Phi) is 17.3. The third-order valence-electron chi connectivity index (χ3n) is 5.94. The molecule has 6 nitrogen and oxygen atoms in total. The number of hydrogen-bond donors (Lipinski definition) is 0. The molecule has 2 atom stereocenters. The molecule has 35 heavy (non-hydrogen) atoms. The number of ketones is 2. The van der Waals surface area contributed by atoms with Gasteiger partial charge < -0.3 is 14.4 Å². The molecule has 204 valence electrons. The number of hydrogen-bond acceptors (Lipinski definition) is 7. The lowest BCUT2D eigenvalue weighted by Gasteiger charge is -2.25. The van der Waals surface area contributed by atoms with Crippen LogP contribution in [-0.4, -0.2) is 71.4 Å². The number of rotatable bonds is 20. The Morgan fingerprint density at radius 1 is 0.829 bits per heavy atom. The number of likely N-dealkylation sites (tertiary alicyclic amines) is 1. The normalized spacial score (nSPS) is 18.3. The Morgan fingerprint density at radius 2 is 1.43 bits per heavy atom. The predicted molar refractivity (Wildman–Crippen MR) is 148 cm³/mol. The first-order chi connectivity index (χ1) is 16.6. The molecular formula is C27H49NO5S2. The zero-order valence-electron chi connectivity index (χ0n) is 22.9. The molecule has 1 unspecified atom stereocenters. The summed E-state index contributed by atoms with van der Waals surface area (Å²) in [5.41, 5.74) is 0. The molecule has 0 saturated carbocycles. The number of amides is 1. The minimum Gasteiger partial charge on any atom is -0.377 e. The Hall–Kier alpha value is -0.570. The maximum absolute atomic E-state index is 12.9. The molecule has 0 bridgehead atoms. The van der Waals surface area contributed by atoms with Gasteiger partial charge in [0, 0.05) is 49.7 Å². The summed E-state index contributed by atoms with van der Waals surface area (Å²) < 4.78 is 11.8. The van der Waals surface area contributed by atoms with E-state index in [2.05, 4.69) is 0 Å². The fraction of sp³-hybridized carbons (Fsp3) is 0.889. The van der Waals surface area contributed by atoms with Crippen molar-refractivity contribution in [1.29, 1.82) is 0 Å². The van der Waals surface area contributed by atoms with Crippen LogP contribution in [0.25, 0.3) is 0 Å². The van der Waals surface area contributed by atoms with Gasteiger partial charge in [-0.05, 0) is 59.8 Å². The topological polar surface area (TPSA) is 72.9 Å². The summed E-state index contributed by atoms with van der Waals surface area (Å²) in [5, 5.41) is 0. The van der Waals surface area contributed by atoms with Crippen LogP contribution < -0.4 is 0 Å². The molecular weight excluding hydrogens is 482 g/mol. The van der Waals surface area contributed by atoms with Crippen LogP contribution in [-0.2, 0) is 23.9 Å². The van der Waals surface area contributed by atoms with Gasteiger partial charge in [-0.15, -0.1) is 0 Å². The number of carbonyl (C=O) groups is 3. The lowest BCUT2D eigenvalue weighted by molar-refractivity contribution is -0.134. The van der Waals surface area contributed by atoms with Crippen LogP contribution in [0.2, 0.25) is 0 Å². The SMILES string of the molecule is CC(C)OC[C@@H]1CC(OC(C)C)CN1C(=O)CCCSSCCCC(=O)CCCCC(=O)C(C)C. The van der Waals surface area contributed by atoms with Crippen molar-refractivity contribution in [3.8, 4) is 0 Å². The summed E-state index contributed by atoms with van der Waals surface area (Å²) in [6.45, 7) is 13.2. The van der Waals surface area contributed by atoms with Gasteiger partial charge in [0.1, 0.15) is 11.6 Å². The highest BCUT2D eigenvalue weighted by Crippen LogP contribution is 2.26. The molecule has 0 spiro atoms. The molecule has 0 N–H and O–H groups in total. The molecule has 8 heteroatoms. The van der Waals surface area contributed by atoms with Crippen molar-refractivity contribution in [2.45, 2.75) is 124 Å². The lowest BCUT2D eigenvalue weighted by Crippen LogP contribution is -2.39. The fourth-order valence-electron chi connectivity index (χ4n) is 4.03. The van der Waals surface area contributed by atoms with E-state index < -0.39 is 0 Å². The Bertz CT molecular complexity index is 627. The van der Waals surface area contributed by atoms with Crippen LogP contribution in [0.15, 0.2) is 0 Å². The predicted octanol–water partition coefficient (Wildman–Crippen LogP) is 6.10. The summed E-state index contributed by atoms with van der Waals surface area (Å²) in [5.74, 6) is 2.77. The Labute approximate surface area is 221 Å². The standard InChI is InChI=1S/C27H49NO5S2/c1-20(2)26(30)13-8-7-11-24(29)12-9-15-34-35-16-10-14-27(31)28-18-25(33-22(5)6)17-23(28)19-32-21(3)4/h20-23,25H,7-19H2,1-6H3/t23-,25?/m0/s1. The maximum atomic E-state index is 12.9. The van der Waals surface area contributed by atoms with Crippen molar-refractivity contribution in [2.24, 2.45) is 5.92 Å². The van der Waals surface area contributed by atoms with E-state index >= 15 is 0 Å². The highest BCUT2D eigenvalue weighted by molar-refractivity contribution is 8.76.